The first-order valence-corrected chi connectivity index (χ1v) is 8.88. The van der Waals surface area contributed by atoms with E-state index in [1.807, 2.05) is 12.3 Å². The van der Waals surface area contributed by atoms with Crippen molar-refractivity contribution in [2.45, 2.75) is 12.3 Å². The van der Waals surface area contributed by atoms with Gasteiger partial charge in [0.15, 0.2) is 0 Å². The zero-order valence-corrected chi connectivity index (χ0v) is 13.7. The molecule has 1 N–H and O–H groups in total. The summed E-state index contributed by atoms with van der Waals surface area (Å²) in [7, 11) is 0. The fourth-order valence-electron chi connectivity index (χ4n) is 3.31. The predicted molar refractivity (Wildman–Crippen MR) is 94.6 cm³/mol. The topological polar surface area (TPSA) is 37.8 Å². The van der Waals surface area contributed by atoms with Crippen molar-refractivity contribution in [1.29, 1.82) is 0 Å². The minimum absolute atomic E-state index is 0.585. The van der Waals surface area contributed by atoms with Crippen LogP contribution in [-0.4, -0.2) is 23.1 Å². The van der Waals surface area contributed by atoms with Gasteiger partial charge in [0.1, 0.15) is 0 Å². The highest BCUT2D eigenvalue weighted by Gasteiger charge is 2.29. The number of pyridine rings is 1. The van der Waals surface area contributed by atoms with Gasteiger partial charge in [0, 0.05) is 42.2 Å². The van der Waals surface area contributed by atoms with E-state index in [9.17, 15) is 0 Å². The van der Waals surface area contributed by atoms with Crippen LogP contribution in [-0.2, 0) is 6.42 Å². The van der Waals surface area contributed by atoms with Crippen molar-refractivity contribution in [1.82, 2.24) is 15.3 Å². The highest BCUT2D eigenvalue weighted by Crippen LogP contribution is 2.32. The molecule has 0 amide bonds. The summed E-state index contributed by atoms with van der Waals surface area (Å²) < 4.78 is 0. The van der Waals surface area contributed by atoms with Crippen LogP contribution in [0, 0.1) is 5.92 Å². The third-order valence-electron chi connectivity index (χ3n) is 4.51. The van der Waals surface area contributed by atoms with Gasteiger partial charge in [-0.25, -0.2) is 4.98 Å². The van der Waals surface area contributed by atoms with Gasteiger partial charge in [0.2, 0.25) is 0 Å². The Hall–Kier alpha value is -2.04. The Balaban J connectivity index is 1.51. The second kappa shape index (κ2) is 6.60. The molecule has 2 aromatic heterocycles. The molecule has 4 rings (SSSR count). The molecule has 1 aromatic carbocycles. The van der Waals surface area contributed by atoms with Gasteiger partial charge in [0.05, 0.1) is 10.7 Å². The molecule has 2 atom stereocenters. The van der Waals surface area contributed by atoms with E-state index in [2.05, 4.69) is 52.1 Å². The van der Waals surface area contributed by atoms with E-state index in [1.54, 1.807) is 17.5 Å². The summed E-state index contributed by atoms with van der Waals surface area (Å²) >= 11 is 1.76. The van der Waals surface area contributed by atoms with E-state index in [-0.39, 0.29) is 0 Å². The van der Waals surface area contributed by atoms with Gasteiger partial charge in [-0.2, -0.15) is 0 Å². The van der Waals surface area contributed by atoms with Crippen LogP contribution in [0.5, 0.6) is 0 Å². The lowest BCUT2D eigenvalue weighted by molar-refractivity contribution is 0.515. The van der Waals surface area contributed by atoms with Crippen LogP contribution in [0.3, 0.4) is 0 Å². The van der Waals surface area contributed by atoms with Crippen LogP contribution >= 0.6 is 11.3 Å². The van der Waals surface area contributed by atoms with E-state index in [0.29, 0.717) is 11.8 Å². The summed E-state index contributed by atoms with van der Waals surface area (Å²) in [6.07, 6.45) is 4.71. The molecule has 1 fully saturated rings. The first-order chi connectivity index (χ1) is 11.4. The van der Waals surface area contributed by atoms with Gasteiger partial charge in [0.25, 0.3) is 0 Å². The highest BCUT2D eigenvalue weighted by atomic mass is 32.1. The zero-order chi connectivity index (χ0) is 15.5. The lowest BCUT2D eigenvalue weighted by atomic mass is 9.87. The Morgan fingerprint density at radius 2 is 2.00 bits per heavy atom. The van der Waals surface area contributed by atoms with Crippen LogP contribution in [0.2, 0.25) is 0 Å². The maximum atomic E-state index is 4.82. The second-order valence-corrected chi connectivity index (χ2v) is 6.95. The van der Waals surface area contributed by atoms with E-state index < -0.39 is 0 Å². The summed E-state index contributed by atoms with van der Waals surface area (Å²) in [4.78, 5) is 9.00. The van der Waals surface area contributed by atoms with Gasteiger partial charge >= 0.3 is 0 Å². The molecule has 0 aliphatic carbocycles. The molecule has 0 saturated carbocycles. The Morgan fingerprint density at radius 3 is 2.83 bits per heavy atom. The van der Waals surface area contributed by atoms with Gasteiger partial charge in [-0.15, -0.1) is 11.3 Å². The zero-order valence-electron chi connectivity index (χ0n) is 12.9. The lowest BCUT2D eigenvalue weighted by Crippen LogP contribution is -2.13. The van der Waals surface area contributed by atoms with Gasteiger partial charge in [-0.3, -0.25) is 4.98 Å². The van der Waals surface area contributed by atoms with Crippen molar-refractivity contribution in [2.24, 2.45) is 5.92 Å². The minimum atomic E-state index is 0.585. The molecule has 1 aliphatic heterocycles. The fraction of sp³-hybridized carbons (Fsp3) is 0.263. The molecule has 0 bridgehead atoms. The largest absolute Gasteiger partial charge is 0.316 e. The minimum Gasteiger partial charge on any atom is -0.316 e. The standard InChI is InChI=1S/C19H19N3S/c1-2-5-14(6-3-1)17-12-21-11-16(17)9-19-22-18(13-23-19)15-7-4-8-20-10-15/h1-8,10,13,16-17,21H,9,11-12H2/t16-,17+/m1/s1. The molecule has 0 spiro atoms. The number of hydrogen-bond donors (Lipinski definition) is 1. The highest BCUT2D eigenvalue weighted by molar-refractivity contribution is 7.09. The molecule has 23 heavy (non-hydrogen) atoms. The smallest absolute Gasteiger partial charge is 0.0936 e. The van der Waals surface area contributed by atoms with Gasteiger partial charge < -0.3 is 5.32 Å². The third kappa shape index (κ3) is 3.19. The van der Waals surface area contributed by atoms with Crippen molar-refractivity contribution < 1.29 is 0 Å². The Morgan fingerprint density at radius 1 is 1.09 bits per heavy atom. The normalized spacial score (nSPS) is 20.7. The average Bonchev–Trinajstić information content (AvgIpc) is 3.26. The quantitative estimate of drug-likeness (QED) is 0.795. The average molecular weight is 321 g/mol. The molecule has 1 aliphatic rings. The molecule has 3 heterocycles. The number of aromatic nitrogens is 2. The first-order valence-electron chi connectivity index (χ1n) is 8.00. The maximum absolute atomic E-state index is 4.82. The van der Waals surface area contributed by atoms with Crippen molar-refractivity contribution >= 4 is 11.3 Å². The number of hydrogen-bond acceptors (Lipinski definition) is 4. The predicted octanol–water partition coefficient (Wildman–Crippen LogP) is 3.75. The van der Waals surface area contributed by atoms with Crippen LogP contribution in [0.4, 0.5) is 0 Å². The number of nitrogens with zero attached hydrogens (tertiary/aromatic N) is 2. The van der Waals surface area contributed by atoms with Crippen molar-refractivity contribution in [3.05, 3.63) is 70.8 Å². The van der Waals surface area contributed by atoms with Gasteiger partial charge in [-0.1, -0.05) is 30.3 Å². The molecule has 0 unspecified atom stereocenters. The maximum Gasteiger partial charge on any atom is 0.0936 e. The van der Waals surface area contributed by atoms with E-state index in [0.717, 1.165) is 30.8 Å². The third-order valence-corrected chi connectivity index (χ3v) is 5.38. The summed E-state index contributed by atoms with van der Waals surface area (Å²) in [6.45, 7) is 2.14. The Bertz CT molecular complexity index is 755. The summed E-state index contributed by atoms with van der Waals surface area (Å²) in [5.74, 6) is 1.20. The summed E-state index contributed by atoms with van der Waals surface area (Å²) in [6, 6.07) is 14.9. The molecule has 3 aromatic rings. The fourth-order valence-corrected chi connectivity index (χ4v) is 4.21. The first kappa shape index (κ1) is 14.5. The molecule has 0 radical (unpaired) electrons. The van der Waals surface area contributed by atoms with E-state index in [1.165, 1.54) is 10.6 Å². The molecule has 116 valence electrons. The summed E-state index contributed by atoms with van der Waals surface area (Å²) in [5.41, 5.74) is 3.58. The molecular weight excluding hydrogens is 302 g/mol. The molecule has 1 saturated heterocycles. The Kier molecular flexibility index (Phi) is 4.18. The number of rotatable bonds is 4. The van der Waals surface area contributed by atoms with E-state index >= 15 is 0 Å². The van der Waals surface area contributed by atoms with Crippen molar-refractivity contribution in [3.8, 4) is 11.3 Å². The van der Waals surface area contributed by atoms with Gasteiger partial charge in [-0.05, 0) is 30.2 Å². The monoisotopic (exact) mass is 321 g/mol. The lowest BCUT2D eigenvalue weighted by Gasteiger charge is -2.17. The molecular formula is C19H19N3S. The van der Waals surface area contributed by atoms with Crippen LogP contribution in [0.15, 0.2) is 60.2 Å². The van der Waals surface area contributed by atoms with Crippen LogP contribution < -0.4 is 5.32 Å². The van der Waals surface area contributed by atoms with Crippen LogP contribution in [0.25, 0.3) is 11.3 Å². The van der Waals surface area contributed by atoms with Crippen molar-refractivity contribution in [3.63, 3.8) is 0 Å². The van der Waals surface area contributed by atoms with Crippen LogP contribution in [0.1, 0.15) is 16.5 Å². The molecule has 3 nitrogen and oxygen atoms in total. The van der Waals surface area contributed by atoms with Crippen molar-refractivity contribution in [2.75, 3.05) is 13.1 Å². The second-order valence-electron chi connectivity index (χ2n) is 6.01. The molecule has 4 heteroatoms. The Labute approximate surface area is 140 Å². The SMILES string of the molecule is c1ccc([C@@H]2CNC[C@H]2Cc2nc(-c3cccnc3)cs2)cc1. The number of thiazole rings is 1. The number of nitrogens with one attached hydrogen (secondary N) is 1. The number of benzene rings is 1. The summed E-state index contributed by atoms with van der Waals surface area (Å²) in [5, 5.41) is 6.91. The van der Waals surface area contributed by atoms with E-state index in [4.69, 9.17) is 4.98 Å².